The normalized spacial score (nSPS) is 26.0. The van der Waals surface area contributed by atoms with Crippen LogP contribution in [-0.4, -0.2) is 5.11 Å². The molecule has 1 N–H and O–H groups in total. The van der Waals surface area contributed by atoms with Gasteiger partial charge in [0.05, 0.1) is 0 Å². The molecular formula is C22H20O. The van der Waals surface area contributed by atoms with E-state index in [2.05, 4.69) is 49.4 Å². The zero-order valence-electron chi connectivity index (χ0n) is 13.2. The Labute approximate surface area is 137 Å². The lowest BCUT2D eigenvalue weighted by atomic mass is 9.66. The van der Waals surface area contributed by atoms with E-state index in [1.165, 1.54) is 11.1 Å². The first-order valence-electron chi connectivity index (χ1n) is 8.08. The summed E-state index contributed by atoms with van der Waals surface area (Å²) < 4.78 is 0. The van der Waals surface area contributed by atoms with Gasteiger partial charge in [0.15, 0.2) is 0 Å². The van der Waals surface area contributed by atoms with Gasteiger partial charge in [0.25, 0.3) is 0 Å². The van der Waals surface area contributed by atoms with Gasteiger partial charge in [-0.15, -0.1) is 0 Å². The third-order valence-electron chi connectivity index (χ3n) is 5.35. The summed E-state index contributed by atoms with van der Waals surface area (Å²) in [6.07, 6.45) is 0.832. The average Bonchev–Trinajstić information content (AvgIpc) is 2.86. The molecule has 0 saturated carbocycles. The summed E-state index contributed by atoms with van der Waals surface area (Å²) in [4.78, 5) is 0. The maximum Gasteiger partial charge on any atom is 0.125 e. The van der Waals surface area contributed by atoms with E-state index in [0.29, 0.717) is 0 Å². The molecule has 0 aromatic heterocycles. The minimum absolute atomic E-state index is 0.390. The van der Waals surface area contributed by atoms with Gasteiger partial charge in [-0.25, -0.2) is 0 Å². The Kier molecular flexibility index (Phi) is 3.14. The highest BCUT2D eigenvalue weighted by molar-refractivity contribution is 5.54. The smallest absolute Gasteiger partial charge is 0.125 e. The number of rotatable bonds is 2. The molecule has 0 heterocycles. The van der Waals surface area contributed by atoms with Gasteiger partial charge in [-0.1, -0.05) is 91.9 Å². The second kappa shape index (κ2) is 5.07. The first-order valence-corrected chi connectivity index (χ1v) is 8.08. The van der Waals surface area contributed by atoms with Crippen molar-refractivity contribution < 1.29 is 5.11 Å². The van der Waals surface area contributed by atoms with Gasteiger partial charge >= 0.3 is 0 Å². The average molecular weight is 300 g/mol. The van der Waals surface area contributed by atoms with Crippen LogP contribution in [0.2, 0.25) is 0 Å². The van der Waals surface area contributed by atoms with Gasteiger partial charge in [-0.3, -0.25) is 0 Å². The van der Waals surface area contributed by atoms with E-state index in [-0.39, 0.29) is 5.41 Å². The standard InChI is InChI=1S/C22H20O/c1-21(18-11-4-2-5-12-18)16-17-10-8-9-15-20(17)22(21,23)19-13-6-3-7-14-19/h2-15,23H,16H2,1H3/t21-,22-/m0/s1. The van der Waals surface area contributed by atoms with Gasteiger partial charge in [-0.05, 0) is 28.7 Å². The molecule has 2 atom stereocenters. The van der Waals surface area contributed by atoms with Gasteiger partial charge < -0.3 is 5.11 Å². The fraction of sp³-hybridized carbons (Fsp3) is 0.182. The van der Waals surface area contributed by atoms with Gasteiger partial charge in [-0.2, -0.15) is 0 Å². The number of aliphatic hydroxyl groups is 1. The van der Waals surface area contributed by atoms with Crippen molar-refractivity contribution in [2.24, 2.45) is 0 Å². The predicted octanol–water partition coefficient (Wildman–Crippen LogP) is 4.44. The number of hydrogen-bond donors (Lipinski definition) is 1. The molecule has 4 rings (SSSR count). The van der Waals surface area contributed by atoms with E-state index >= 15 is 0 Å². The van der Waals surface area contributed by atoms with Crippen LogP contribution < -0.4 is 0 Å². The van der Waals surface area contributed by atoms with Crippen LogP contribution in [0.4, 0.5) is 0 Å². The summed E-state index contributed by atoms with van der Waals surface area (Å²) in [5, 5.41) is 12.0. The van der Waals surface area contributed by atoms with Gasteiger partial charge in [0.1, 0.15) is 5.60 Å². The molecule has 3 aromatic rings. The zero-order chi connectivity index (χ0) is 15.9. The van der Waals surface area contributed by atoms with E-state index in [9.17, 15) is 5.11 Å². The lowest BCUT2D eigenvalue weighted by molar-refractivity contribution is 0.0140. The van der Waals surface area contributed by atoms with Crippen LogP contribution in [0.25, 0.3) is 0 Å². The Morgan fingerprint density at radius 1 is 0.696 bits per heavy atom. The van der Waals surface area contributed by atoms with E-state index in [0.717, 1.165) is 17.5 Å². The zero-order valence-corrected chi connectivity index (χ0v) is 13.2. The highest BCUT2D eigenvalue weighted by Crippen LogP contribution is 2.54. The van der Waals surface area contributed by atoms with Crippen molar-refractivity contribution in [3.05, 3.63) is 107 Å². The van der Waals surface area contributed by atoms with Crippen molar-refractivity contribution in [1.29, 1.82) is 0 Å². The Morgan fingerprint density at radius 3 is 1.87 bits per heavy atom. The molecule has 1 aliphatic rings. The molecular weight excluding hydrogens is 280 g/mol. The lowest BCUT2D eigenvalue weighted by Gasteiger charge is -2.41. The second-order valence-corrected chi connectivity index (χ2v) is 6.61. The van der Waals surface area contributed by atoms with E-state index in [1.54, 1.807) is 0 Å². The molecule has 3 aromatic carbocycles. The topological polar surface area (TPSA) is 20.2 Å². The number of hydrogen-bond acceptors (Lipinski definition) is 1. The molecule has 0 amide bonds. The minimum Gasteiger partial charge on any atom is -0.379 e. The maximum absolute atomic E-state index is 12.0. The largest absolute Gasteiger partial charge is 0.379 e. The van der Waals surface area contributed by atoms with E-state index in [4.69, 9.17) is 0 Å². The first kappa shape index (κ1) is 14.2. The number of benzene rings is 3. The first-order chi connectivity index (χ1) is 11.2. The van der Waals surface area contributed by atoms with E-state index in [1.807, 2.05) is 42.5 Å². The molecule has 0 aliphatic heterocycles. The minimum atomic E-state index is -1.02. The van der Waals surface area contributed by atoms with Gasteiger partial charge in [0, 0.05) is 5.41 Å². The van der Waals surface area contributed by atoms with Crippen LogP contribution in [0.3, 0.4) is 0 Å². The molecule has 0 bridgehead atoms. The molecule has 23 heavy (non-hydrogen) atoms. The van der Waals surface area contributed by atoms with Gasteiger partial charge in [0.2, 0.25) is 0 Å². The highest BCUT2D eigenvalue weighted by atomic mass is 16.3. The molecule has 1 nitrogen and oxygen atoms in total. The van der Waals surface area contributed by atoms with Crippen LogP contribution in [0.5, 0.6) is 0 Å². The molecule has 114 valence electrons. The van der Waals surface area contributed by atoms with Crippen molar-refractivity contribution in [2.75, 3.05) is 0 Å². The SMILES string of the molecule is C[C@@]1(c2ccccc2)Cc2ccccc2[C@@]1(O)c1ccccc1. The lowest BCUT2D eigenvalue weighted by Crippen LogP contribution is -2.45. The summed E-state index contributed by atoms with van der Waals surface area (Å²) in [5.74, 6) is 0. The molecule has 0 radical (unpaired) electrons. The summed E-state index contributed by atoms with van der Waals surface area (Å²) >= 11 is 0. The van der Waals surface area contributed by atoms with Crippen LogP contribution in [-0.2, 0) is 17.4 Å². The third-order valence-corrected chi connectivity index (χ3v) is 5.35. The third kappa shape index (κ3) is 1.90. The fourth-order valence-corrected chi connectivity index (χ4v) is 4.10. The van der Waals surface area contributed by atoms with Crippen molar-refractivity contribution in [1.82, 2.24) is 0 Å². The van der Waals surface area contributed by atoms with E-state index < -0.39 is 5.60 Å². The molecule has 1 aliphatic carbocycles. The second-order valence-electron chi connectivity index (χ2n) is 6.61. The molecule has 0 saturated heterocycles. The molecule has 1 heteroatoms. The van der Waals surface area contributed by atoms with Crippen LogP contribution in [0.1, 0.15) is 29.2 Å². The van der Waals surface area contributed by atoms with Crippen molar-refractivity contribution in [2.45, 2.75) is 24.4 Å². The molecule has 0 spiro atoms. The number of fused-ring (bicyclic) bond motifs is 1. The Hall–Kier alpha value is -2.38. The Morgan fingerprint density at radius 2 is 1.22 bits per heavy atom. The van der Waals surface area contributed by atoms with Crippen molar-refractivity contribution in [3.8, 4) is 0 Å². The van der Waals surface area contributed by atoms with Crippen molar-refractivity contribution >= 4 is 0 Å². The maximum atomic E-state index is 12.0. The Bertz CT molecular complexity index is 825. The summed E-state index contributed by atoms with van der Waals surface area (Å²) in [6.45, 7) is 2.18. The quantitative estimate of drug-likeness (QED) is 0.742. The van der Waals surface area contributed by atoms with Crippen molar-refractivity contribution in [3.63, 3.8) is 0 Å². The highest BCUT2D eigenvalue weighted by Gasteiger charge is 2.55. The Balaban J connectivity index is 2.01. The van der Waals surface area contributed by atoms with Crippen LogP contribution in [0, 0.1) is 0 Å². The fourth-order valence-electron chi connectivity index (χ4n) is 4.10. The predicted molar refractivity (Wildman–Crippen MR) is 93.4 cm³/mol. The monoisotopic (exact) mass is 300 g/mol. The summed E-state index contributed by atoms with van der Waals surface area (Å²) in [7, 11) is 0. The summed E-state index contributed by atoms with van der Waals surface area (Å²) in [6, 6.07) is 28.7. The summed E-state index contributed by atoms with van der Waals surface area (Å²) in [5.41, 5.74) is 2.97. The van der Waals surface area contributed by atoms with Crippen LogP contribution in [0.15, 0.2) is 84.9 Å². The molecule has 0 fully saturated rings. The van der Waals surface area contributed by atoms with Crippen LogP contribution >= 0.6 is 0 Å². The molecule has 0 unspecified atom stereocenters.